The highest BCUT2D eigenvalue weighted by Crippen LogP contribution is 2.28. The van der Waals surface area contributed by atoms with Gasteiger partial charge < -0.3 is 15.4 Å². The van der Waals surface area contributed by atoms with Crippen LogP contribution < -0.4 is 10.6 Å². The number of hydrogen-bond donors (Lipinski definition) is 2. The van der Waals surface area contributed by atoms with Gasteiger partial charge in [-0.15, -0.1) is 11.3 Å². The predicted octanol–water partition coefficient (Wildman–Crippen LogP) is 4.81. The van der Waals surface area contributed by atoms with Crippen molar-refractivity contribution in [1.29, 1.82) is 0 Å². The second kappa shape index (κ2) is 14.2. The van der Waals surface area contributed by atoms with Crippen molar-refractivity contribution in [3.05, 3.63) is 40.9 Å². The van der Waals surface area contributed by atoms with E-state index in [1.54, 1.807) is 11.3 Å². The SMILES string of the molecule is C=C(CN1CCOCC1)C(=O)NCC(CC1CCCCC1)NC(=O)CCc1nc2ccc(C(C)C)cc2s1. The maximum Gasteiger partial charge on any atom is 0.247 e. The summed E-state index contributed by atoms with van der Waals surface area (Å²) in [4.78, 5) is 32.7. The molecule has 208 valence electrons. The van der Waals surface area contributed by atoms with E-state index in [2.05, 4.69) is 54.2 Å². The zero-order valence-electron chi connectivity index (χ0n) is 23.1. The number of thiazole rings is 1. The molecule has 2 heterocycles. The molecule has 7 nitrogen and oxygen atoms in total. The lowest BCUT2D eigenvalue weighted by Crippen LogP contribution is -2.46. The minimum absolute atomic E-state index is 0.0225. The van der Waals surface area contributed by atoms with Crippen LogP contribution in [0.2, 0.25) is 0 Å². The van der Waals surface area contributed by atoms with Crippen LogP contribution in [0.5, 0.6) is 0 Å². The van der Waals surface area contributed by atoms with Crippen LogP contribution in [0.15, 0.2) is 30.4 Å². The van der Waals surface area contributed by atoms with E-state index in [1.165, 1.54) is 42.4 Å². The summed E-state index contributed by atoms with van der Waals surface area (Å²) in [6.45, 7) is 12.4. The molecular formula is C30H44N4O3S. The highest BCUT2D eigenvalue weighted by atomic mass is 32.1. The van der Waals surface area contributed by atoms with E-state index in [1.807, 2.05) is 0 Å². The van der Waals surface area contributed by atoms with Crippen LogP contribution in [-0.4, -0.2) is 67.1 Å². The quantitative estimate of drug-likeness (QED) is 0.378. The van der Waals surface area contributed by atoms with E-state index in [0.717, 1.165) is 30.0 Å². The van der Waals surface area contributed by atoms with Crippen LogP contribution in [0.3, 0.4) is 0 Å². The van der Waals surface area contributed by atoms with E-state index >= 15 is 0 Å². The van der Waals surface area contributed by atoms with Crippen LogP contribution in [0.25, 0.3) is 10.2 Å². The summed E-state index contributed by atoms with van der Waals surface area (Å²) in [5.74, 6) is 0.972. The van der Waals surface area contributed by atoms with Crippen molar-refractivity contribution in [3.63, 3.8) is 0 Å². The van der Waals surface area contributed by atoms with Crippen molar-refractivity contribution in [2.75, 3.05) is 39.4 Å². The van der Waals surface area contributed by atoms with Gasteiger partial charge in [0.05, 0.1) is 28.4 Å². The summed E-state index contributed by atoms with van der Waals surface area (Å²) < 4.78 is 6.57. The average molecular weight is 541 g/mol. The first-order valence-electron chi connectivity index (χ1n) is 14.3. The van der Waals surface area contributed by atoms with Crippen LogP contribution >= 0.6 is 11.3 Å². The van der Waals surface area contributed by atoms with Crippen molar-refractivity contribution in [2.24, 2.45) is 5.92 Å². The molecule has 2 fully saturated rings. The largest absolute Gasteiger partial charge is 0.379 e. The van der Waals surface area contributed by atoms with Crippen LogP contribution in [0.1, 0.15) is 75.3 Å². The molecule has 1 unspecified atom stereocenters. The minimum Gasteiger partial charge on any atom is -0.379 e. The Morgan fingerprint density at radius 1 is 1.18 bits per heavy atom. The zero-order chi connectivity index (χ0) is 26.9. The van der Waals surface area contributed by atoms with Crippen molar-refractivity contribution in [1.82, 2.24) is 20.5 Å². The predicted molar refractivity (Wildman–Crippen MR) is 155 cm³/mol. The van der Waals surface area contributed by atoms with Crippen LogP contribution in [0.4, 0.5) is 0 Å². The summed E-state index contributed by atoms with van der Waals surface area (Å²) in [6, 6.07) is 6.37. The second-order valence-corrected chi connectivity index (χ2v) is 12.3. The van der Waals surface area contributed by atoms with Gasteiger partial charge in [0.2, 0.25) is 11.8 Å². The number of carbonyl (C=O) groups is 2. The number of hydrogen-bond acceptors (Lipinski definition) is 6. The van der Waals surface area contributed by atoms with Gasteiger partial charge >= 0.3 is 0 Å². The molecule has 1 saturated heterocycles. The molecule has 2 amide bonds. The number of nitrogens with zero attached hydrogens (tertiary/aromatic N) is 2. The maximum atomic E-state index is 13.0. The third-order valence-electron chi connectivity index (χ3n) is 7.75. The van der Waals surface area contributed by atoms with Gasteiger partial charge in [0.25, 0.3) is 0 Å². The van der Waals surface area contributed by atoms with Gasteiger partial charge in [-0.3, -0.25) is 14.5 Å². The second-order valence-electron chi connectivity index (χ2n) is 11.2. The minimum atomic E-state index is -0.130. The Labute approximate surface area is 231 Å². The normalized spacial score (nSPS) is 18.0. The Morgan fingerprint density at radius 2 is 1.95 bits per heavy atom. The van der Waals surface area contributed by atoms with Crippen molar-refractivity contribution >= 4 is 33.4 Å². The molecule has 0 radical (unpaired) electrons. The van der Waals surface area contributed by atoms with Crippen molar-refractivity contribution < 1.29 is 14.3 Å². The highest BCUT2D eigenvalue weighted by molar-refractivity contribution is 7.18. The fraction of sp³-hybridized carbons (Fsp3) is 0.633. The van der Waals surface area contributed by atoms with Gasteiger partial charge in [-0.25, -0.2) is 4.98 Å². The first-order valence-corrected chi connectivity index (χ1v) is 15.1. The van der Waals surface area contributed by atoms with Crippen molar-refractivity contribution in [2.45, 2.75) is 77.2 Å². The molecule has 2 aromatic rings. The van der Waals surface area contributed by atoms with Gasteiger partial charge in [-0.2, -0.15) is 0 Å². The number of rotatable bonds is 12. The molecule has 1 atom stereocenters. The monoisotopic (exact) mass is 540 g/mol. The summed E-state index contributed by atoms with van der Waals surface area (Å²) in [5, 5.41) is 7.28. The zero-order valence-corrected chi connectivity index (χ0v) is 23.9. The molecule has 8 heteroatoms. The number of benzene rings is 1. The first-order chi connectivity index (χ1) is 18.4. The Hall–Kier alpha value is -2.29. The number of ether oxygens (including phenoxy) is 1. The molecule has 1 aliphatic heterocycles. The van der Waals surface area contributed by atoms with Gasteiger partial charge in [-0.05, 0) is 36.0 Å². The standard InChI is InChI=1S/C30H44N4O3S/c1-21(2)24-9-10-26-27(18-24)38-29(33-26)12-11-28(35)32-25(17-23-7-5-4-6-8-23)19-31-30(36)22(3)20-34-13-15-37-16-14-34/h9-10,18,21,23,25H,3-8,11-17,19-20H2,1-2H3,(H,31,36)(H,32,35). The average Bonchev–Trinajstić information content (AvgIpc) is 3.34. The maximum absolute atomic E-state index is 13.0. The van der Waals surface area contributed by atoms with E-state index in [-0.39, 0.29) is 17.9 Å². The summed E-state index contributed by atoms with van der Waals surface area (Å²) in [6.07, 6.45) is 8.14. The van der Waals surface area contributed by atoms with Gasteiger partial charge in [0.1, 0.15) is 0 Å². The fourth-order valence-corrected chi connectivity index (χ4v) is 6.45. The first kappa shape index (κ1) is 28.7. The molecule has 2 aliphatic rings. The summed E-state index contributed by atoms with van der Waals surface area (Å²) in [7, 11) is 0. The molecule has 0 spiro atoms. The smallest absolute Gasteiger partial charge is 0.247 e. The topological polar surface area (TPSA) is 83.6 Å². The number of carbonyl (C=O) groups excluding carboxylic acids is 2. The third kappa shape index (κ3) is 8.61. The molecule has 4 rings (SSSR count). The number of aromatic nitrogens is 1. The van der Waals surface area contributed by atoms with E-state index < -0.39 is 0 Å². The fourth-order valence-electron chi connectivity index (χ4n) is 5.44. The number of amides is 2. The highest BCUT2D eigenvalue weighted by Gasteiger charge is 2.22. The number of aryl methyl sites for hydroxylation is 1. The third-order valence-corrected chi connectivity index (χ3v) is 8.82. The molecule has 1 aromatic carbocycles. The molecule has 2 N–H and O–H groups in total. The Kier molecular flexibility index (Phi) is 10.7. The molecule has 38 heavy (non-hydrogen) atoms. The summed E-state index contributed by atoms with van der Waals surface area (Å²) in [5.41, 5.74) is 2.88. The van der Waals surface area contributed by atoms with E-state index in [9.17, 15) is 9.59 Å². The van der Waals surface area contributed by atoms with E-state index in [4.69, 9.17) is 9.72 Å². The van der Waals surface area contributed by atoms with Crippen molar-refractivity contribution in [3.8, 4) is 0 Å². The lowest BCUT2D eigenvalue weighted by molar-refractivity contribution is -0.122. The Balaban J connectivity index is 1.29. The molecule has 0 bridgehead atoms. The summed E-state index contributed by atoms with van der Waals surface area (Å²) >= 11 is 1.68. The Bertz CT molecular complexity index is 1090. The van der Waals surface area contributed by atoms with Gasteiger partial charge in [-0.1, -0.05) is 58.6 Å². The lowest BCUT2D eigenvalue weighted by Gasteiger charge is -2.28. The van der Waals surface area contributed by atoms with Crippen LogP contribution in [0, 0.1) is 5.92 Å². The number of morpholine rings is 1. The molecule has 1 saturated carbocycles. The number of fused-ring (bicyclic) bond motifs is 1. The number of nitrogens with one attached hydrogen (secondary N) is 2. The van der Waals surface area contributed by atoms with Gasteiger partial charge in [0.15, 0.2) is 0 Å². The molecule has 1 aromatic heterocycles. The molecule has 1 aliphatic carbocycles. The Morgan fingerprint density at radius 3 is 2.68 bits per heavy atom. The van der Waals surface area contributed by atoms with Gasteiger partial charge in [0, 0.05) is 50.6 Å². The van der Waals surface area contributed by atoms with E-state index in [0.29, 0.717) is 56.6 Å². The molecular weight excluding hydrogens is 496 g/mol. The lowest BCUT2D eigenvalue weighted by atomic mass is 9.84. The van der Waals surface area contributed by atoms with Crippen LogP contribution in [-0.2, 0) is 20.7 Å².